The molecule has 0 saturated carbocycles. The number of nitrogen functional groups attached to an aromatic ring is 2. The molecule has 0 atom stereocenters. The van der Waals surface area contributed by atoms with E-state index in [2.05, 4.69) is 0 Å². The van der Waals surface area contributed by atoms with Gasteiger partial charge in [-0.1, -0.05) is 0 Å². The first-order chi connectivity index (χ1) is 5.74. The maximum absolute atomic E-state index is 5.58. The molecular weight excluding hydrogens is 192 g/mol. The first kappa shape index (κ1) is 11.9. The van der Waals surface area contributed by atoms with Gasteiger partial charge in [-0.25, -0.2) is 0 Å². The maximum Gasteiger partial charge on any atom is 0.188 e. The lowest BCUT2D eigenvalue weighted by Gasteiger charge is -2.05. The lowest BCUT2D eigenvalue weighted by Crippen LogP contribution is -1.99. The van der Waals surface area contributed by atoms with Crippen LogP contribution in [0, 0.1) is 0 Å². The zero-order chi connectivity index (χ0) is 8.97. The summed E-state index contributed by atoms with van der Waals surface area (Å²) in [5.74, 6) is 0.492. The Morgan fingerprint density at radius 2 is 2.00 bits per heavy atom. The molecule has 5 heteroatoms. The monoisotopic (exact) mass is 204 g/mol. The highest BCUT2D eigenvalue weighted by molar-refractivity contribution is 5.85. The molecule has 74 valence electrons. The van der Waals surface area contributed by atoms with Gasteiger partial charge in [-0.2, -0.15) is 4.89 Å². The Kier molecular flexibility index (Phi) is 5.03. The molecule has 0 saturated heterocycles. The topological polar surface area (TPSA) is 70.5 Å². The van der Waals surface area contributed by atoms with E-state index in [1.54, 1.807) is 18.2 Å². The quantitative estimate of drug-likeness (QED) is 0.446. The molecule has 1 aromatic carbocycles. The van der Waals surface area contributed by atoms with Crippen LogP contribution in [0.4, 0.5) is 11.4 Å². The minimum absolute atomic E-state index is 0. The van der Waals surface area contributed by atoms with Crippen molar-refractivity contribution < 1.29 is 9.78 Å². The zero-order valence-electron chi connectivity index (χ0n) is 7.32. The van der Waals surface area contributed by atoms with Crippen LogP contribution in [-0.4, -0.2) is 6.61 Å². The van der Waals surface area contributed by atoms with Gasteiger partial charge in [-0.05, 0) is 25.1 Å². The van der Waals surface area contributed by atoms with E-state index in [4.69, 9.17) is 21.2 Å². The third-order valence-electron chi connectivity index (χ3n) is 1.30. The average molecular weight is 205 g/mol. The summed E-state index contributed by atoms with van der Waals surface area (Å²) in [4.78, 5) is 9.58. The molecule has 0 spiro atoms. The molecule has 4 nitrogen and oxygen atoms in total. The van der Waals surface area contributed by atoms with Crippen LogP contribution in [0.25, 0.3) is 0 Å². The fourth-order valence-electron chi connectivity index (χ4n) is 0.765. The van der Waals surface area contributed by atoms with Crippen LogP contribution in [-0.2, 0) is 4.89 Å². The second-order valence-corrected chi connectivity index (χ2v) is 2.29. The van der Waals surface area contributed by atoms with E-state index < -0.39 is 0 Å². The number of anilines is 2. The van der Waals surface area contributed by atoms with Gasteiger partial charge in [0.15, 0.2) is 5.75 Å². The molecule has 0 bridgehead atoms. The van der Waals surface area contributed by atoms with Crippen molar-refractivity contribution >= 4 is 23.8 Å². The van der Waals surface area contributed by atoms with E-state index in [0.717, 1.165) is 0 Å². The number of rotatable bonds is 3. The highest BCUT2D eigenvalue weighted by atomic mass is 35.5. The molecule has 0 aliphatic carbocycles. The lowest BCUT2D eigenvalue weighted by molar-refractivity contribution is -0.201. The van der Waals surface area contributed by atoms with E-state index in [9.17, 15) is 0 Å². The van der Waals surface area contributed by atoms with Gasteiger partial charge in [-0.15, -0.1) is 12.4 Å². The normalized spacial score (nSPS) is 9.00. The Balaban J connectivity index is 0.00000144. The summed E-state index contributed by atoms with van der Waals surface area (Å²) in [6.07, 6.45) is 0. The number of halogens is 1. The van der Waals surface area contributed by atoms with Crippen LogP contribution < -0.4 is 16.4 Å². The summed E-state index contributed by atoms with van der Waals surface area (Å²) in [6.45, 7) is 2.30. The fourth-order valence-corrected chi connectivity index (χ4v) is 0.765. The second-order valence-electron chi connectivity index (χ2n) is 2.29. The summed E-state index contributed by atoms with van der Waals surface area (Å²) >= 11 is 0. The minimum Gasteiger partial charge on any atom is -0.399 e. The molecule has 13 heavy (non-hydrogen) atoms. The standard InChI is InChI=1S/C8H12N2O2.ClH/c1-2-11-12-8-4-3-6(9)5-7(8)10;/h3-5H,2,9-10H2,1H3;1H. The molecule has 0 heterocycles. The third kappa shape index (κ3) is 3.40. The van der Waals surface area contributed by atoms with E-state index >= 15 is 0 Å². The van der Waals surface area contributed by atoms with Crippen molar-refractivity contribution in [3.8, 4) is 5.75 Å². The van der Waals surface area contributed by atoms with Gasteiger partial charge in [0.25, 0.3) is 0 Å². The Morgan fingerprint density at radius 3 is 2.54 bits per heavy atom. The Morgan fingerprint density at radius 1 is 1.31 bits per heavy atom. The van der Waals surface area contributed by atoms with Gasteiger partial charge in [0.2, 0.25) is 0 Å². The molecule has 0 amide bonds. The molecule has 0 aromatic heterocycles. The minimum atomic E-state index is 0. The van der Waals surface area contributed by atoms with Crippen LogP contribution >= 0.6 is 12.4 Å². The van der Waals surface area contributed by atoms with Gasteiger partial charge in [-0.3, -0.25) is 0 Å². The van der Waals surface area contributed by atoms with Crippen molar-refractivity contribution in [2.45, 2.75) is 6.92 Å². The predicted octanol–water partition coefficient (Wildman–Crippen LogP) is 1.60. The van der Waals surface area contributed by atoms with Crippen molar-refractivity contribution in [3.05, 3.63) is 18.2 Å². The summed E-state index contributed by atoms with van der Waals surface area (Å²) in [5, 5.41) is 0. The molecular formula is C8H13ClN2O2. The molecule has 0 radical (unpaired) electrons. The maximum atomic E-state index is 5.58. The third-order valence-corrected chi connectivity index (χ3v) is 1.30. The number of hydrogen-bond donors (Lipinski definition) is 2. The molecule has 1 rings (SSSR count). The highest BCUT2D eigenvalue weighted by Crippen LogP contribution is 2.23. The van der Waals surface area contributed by atoms with Crippen molar-refractivity contribution in [2.75, 3.05) is 18.1 Å². The van der Waals surface area contributed by atoms with Gasteiger partial charge in [0, 0.05) is 5.69 Å². The molecule has 0 aliphatic rings. The summed E-state index contributed by atoms with van der Waals surface area (Å²) in [7, 11) is 0. The number of hydrogen-bond acceptors (Lipinski definition) is 4. The van der Waals surface area contributed by atoms with Crippen LogP contribution in [0.15, 0.2) is 18.2 Å². The van der Waals surface area contributed by atoms with Gasteiger partial charge < -0.3 is 16.4 Å². The van der Waals surface area contributed by atoms with Crippen LogP contribution in [0.1, 0.15) is 6.92 Å². The van der Waals surface area contributed by atoms with Gasteiger partial charge in [0.1, 0.15) is 0 Å². The largest absolute Gasteiger partial charge is 0.399 e. The molecule has 0 aliphatic heterocycles. The van der Waals surface area contributed by atoms with E-state index in [1.165, 1.54) is 0 Å². The van der Waals surface area contributed by atoms with Crippen molar-refractivity contribution in [1.29, 1.82) is 0 Å². The van der Waals surface area contributed by atoms with Crippen molar-refractivity contribution in [3.63, 3.8) is 0 Å². The molecule has 4 N–H and O–H groups in total. The van der Waals surface area contributed by atoms with Gasteiger partial charge in [0.05, 0.1) is 12.3 Å². The Hall–Kier alpha value is -1.13. The average Bonchev–Trinajstić information content (AvgIpc) is 2.03. The van der Waals surface area contributed by atoms with Crippen molar-refractivity contribution in [1.82, 2.24) is 0 Å². The smallest absolute Gasteiger partial charge is 0.188 e. The molecule has 1 aromatic rings. The van der Waals surface area contributed by atoms with Crippen LogP contribution in [0.2, 0.25) is 0 Å². The zero-order valence-corrected chi connectivity index (χ0v) is 8.14. The van der Waals surface area contributed by atoms with Crippen LogP contribution in [0.3, 0.4) is 0 Å². The summed E-state index contributed by atoms with van der Waals surface area (Å²) in [5.41, 5.74) is 12.1. The predicted molar refractivity (Wildman–Crippen MR) is 54.8 cm³/mol. The first-order valence-electron chi connectivity index (χ1n) is 3.68. The lowest BCUT2D eigenvalue weighted by atomic mass is 10.3. The molecule has 0 unspecified atom stereocenters. The van der Waals surface area contributed by atoms with E-state index in [0.29, 0.717) is 23.7 Å². The Bertz CT molecular complexity index is 268. The summed E-state index contributed by atoms with van der Waals surface area (Å²) < 4.78 is 0. The van der Waals surface area contributed by atoms with E-state index in [-0.39, 0.29) is 12.4 Å². The van der Waals surface area contributed by atoms with Gasteiger partial charge >= 0.3 is 0 Å². The fraction of sp³-hybridized carbons (Fsp3) is 0.250. The molecule has 0 fully saturated rings. The second kappa shape index (κ2) is 5.50. The summed E-state index contributed by atoms with van der Waals surface area (Å²) in [6, 6.07) is 4.99. The number of nitrogens with two attached hydrogens (primary N) is 2. The SMILES string of the molecule is CCOOc1ccc(N)cc1N.Cl. The number of benzene rings is 1. The highest BCUT2D eigenvalue weighted by Gasteiger charge is 2.00. The first-order valence-corrected chi connectivity index (χ1v) is 3.68. The van der Waals surface area contributed by atoms with Crippen LogP contribution in [0.5, 0.6) is 5.75 Å². The Labute approximate surface area is 83.2 Å². The van der Waals surface area contributed by atoms with Crippen molar-refractivity contribution in [2.24, 2.45) is 0 Å². The van der Waals surface area contributed by atoms with E-state index in [1.807, 2.05) is 6.92 Å².